The van der Waals surface area contributed by atoms with E-state index in [1.807, 2.05) is 24.3 Å². The first-order valence-corrected chi connectivity index (χ1v) is 10.3. The molecule has 2 aromatic carbocycles. The molecule has 170 valence electrons. The summed E-state index contributed by atoms with van der Waals surface area (Å²) < 4.78 is 5.81. The van der Waals surface area contributed by atoms with Crippen LogP contribution in [0.25, 0.3) is 10.8 Å². The molecule has 4 rings (SSSR count). The number of aliphatic hydroxyl groups is 1. The van der Waals surface area contributed by atoms with E-state index >= 15 is 0 Å². The van der Waals surface area contributed by atoms with Gasteiger partial charge in [-0.3, -0.25) is 20.1 Å². The first-order valence-electron chi connectivity index (χ1n) is 10.3. The van der Waals surface area contributed by atoms with E-state index in [0.717, 1.165) is 16.5 Å². The van der Waals surface area contributed by atoms with Crippen LogP contribution in [0.15, 0.2) is 73.3 Å². The molecule has 0 saturated heterocycles. The number of nitrogen functional groups attached to an aromatic ring is 2. The molecule has 9 nitrogen and oxygen atoms in total. The third kappa shape index (κ3) is 6.14. The molecule has 2 aromatic heterocycles. The van der Waals surface area contributed by atoms with Crippen LogP contribution in [0.4, 0.5) is 17.1 Å². The highest BCUT2D eigenvalue weighted by atomic mass is 16.6. The van der Waals surface area contributed by atoms with E-state index in [9.17, 15) is 10.1 Å². The van der Waals surface area contributed by atoms with E-state index in [1.165, 1.54) is 6.07 Å². The van der Waals surface area contributed by atoms with Crippen LogP contribution < -0.4 is 16.2 Å². The van der Waals surface area contributed by atoms with Crippen molar-refractivity contribution in [1.29, 1.82) is 0 Å². The molecular weight excluding hydrogens is 422 g/mol. The number of non-ortho nitro benzene ring substituents is 1. The van der Waals surface area contributed by atoms with E-state index in [2.05, 4.69) is 9.97 Å². The minimum absolute atomic E-state index is 0.0753. The molecule has 0 fully saturated rings. The van der Waals surface area contributed by atoms with E-state index in [4.69, 9.17) is 21.3 Å². The number of hydrogen-bond acceptors (Lipinski definition) is 8. The Bertz CT molecular complexity index is 1230. The van der Waals surface area contributed by atoms with Gasteiger partial charge < -0.3 is 21.3 Å². The molecule has 0 atom stereocenters. The van der Waals surface area contributed by atoms with Crippen LogP contribution >= 0.6 is 0 Å². The Labute approximate surface area is 190 Å². The lowest BCUT2D eigenvalue weighted by Gasteiger charge is -2.10. The number of anilines is 2. The third-order valence-electron chi connectivity index (χ3n) is 4.96. The zero-order chi connectivity index (χ0) is 23.6. The number of nitro benzene ring substituents is 1. The predicted octanol–water partition coefficient (Wildman–Crippen LogP) is 3.55. The summed E-state index contributed by atoms with van der Waals surface area (Å²) in [5.74, 6) is 0.624. The summed E-state index contributed by atoms with van der Waals surface area (Å²) >= 11 is 0. The number of pyridine rings is 2. The summed E-state index contributed by atoms with van der Waals surface area (Å²) in [5, 5.41) is 21.0. The fourth-order valence-corrected chi connectivity index (χ4v) is 3.26. The summed E-state index contributed by atoms with van der Waals surface area (Å²) in [6, 6.07) is 13.9. The van der Waals surface area contributed by atoms with Crippen LogP contribution in [0.5, 0.6) is 5.75 Å². The van der Waals surface area contributed by atoms with Gasteiger partial charge in [0, 0.05) is 36.9 Å². The average molecular weight is 447 g/mol. The van der Waals surface area contributed by atoms with Crippen molar-refractivity contribution in [2.24, 2.45) is 0 Å². The van der Waals surface area contributed by atoms with Crippen molar-refractivity contribution in [2.45, 2.75) is 12.8 Å². The quantitative estimate of drug-likeness (QED) is 0.287. The molecule has 0 aliphatic rings. The van der Waals surface area contributed by atoms with Crippen LogP contribution in [-0.4, -0.2) is 33.2 Å². The van der Waals surface area contributed by atoms with Crippen LogP contribution in [0.3, 0.4) is 0 Å². The molecule has 0 spiro atoms. The Morgan fingerprint density at radius 3 is 2.06 bits per heavy atom. The van der Waals surface area contributed by atoms with Crippen molar-refractivity contribution < 1.29 is 14.8 Å². The number of fused-ring (bicyclic) bond motifs is 1. The molecule has 0 aliphatic carbocycles. The fraction of sp³-hybridized carbons (Fsp3) is 0.167. The highest BCUT2D eigenvalue weighted by Crippen LogP contribution is 2.32. The maximum atomic E-state index is 11.1. The summed E-state index contributed by atoms with van der Waals surface area (Å²) in [4.78, 5) is 18.5. The van der Waals surface area contributed by atoms with E-state index in [-0.39, 0.29) is 17.2 Å². The zero-order valence-corrected chi connectivity index (χ0v) is 17.9. The van der Waals surface area contributed by atoms with Gasteiger partial charge in [0.25, 0.3) is 5.69 Å². The van der Waals surface area contributed by atoms with E-state index in [0.29, 0.717) is 42.0 Å². The molecule has 4 aromatic rings. The second-order valence-electron chi connectivity index (χ2n) is 7.11. The monoisotopic (exact) mass is 447 g/mol. The van der Waals surface area contributed by atoms with Gasteiger partial charge in [-0.15, -0.1) is 0 Å². The second-order valence-corrected chi connectivity index (χ2v) is 7.11. The molecule has 0 unspecified atom stereocenters. The smallest absolute Gasteiger partial charge is 0.277 e. The highest BCUT2D eigenvalue weighted by Gasteiger charge is 2.14. The minimum Gasteiger partial charge on any atom is -0.493 e. The number of hydrogen-bond donors (Lipinski definition) is 3. The van der Waals surface area contributed by atoms with Crippen molar-refractivity contribution in [3.05, 3.63) is 94.6 Å². The number of aromatic nitrogens is 2. The van der Waals surface area contributed by atoms with Gasteiger partial charge in [0.05, 0.1) is 40.7 Å². The third-order valence-corrected chi connectivity index (χ3v) is 4.96. The molecule has 2 heterocycles. The molecule has 0 radical (unpaired) electrons. The van der Waals surface area contributed by atoms with Crippen LogP contribution in [0.2, 0.25) is 0 Å². The molecule has 5 N–H and O–H groups in total. The molecule has 0 amide bonds. The van der Waals surface area contributed by atoms with Gasteiger partial charge in [-0.05, 0) is 41.8 Å². The van der Waals surface area contributed by atoms with Gasteiger partial charge in [0.15, 0.2) is 0 Å². The molecule has 0 bridgehead atoms. The molecule has 9 heteroatoms. The number of nitrogens with zero attached hydrogens (tertiary/aromatic N) is 3. The maximum absolute atomic E-state index is 11.1. The van der Waals surface area contributed by atoms with Gasteiger partial charge in [-0.2, -0.15) is 0 Å². The van der Waals surface area contributed by atoms with E-state index < -0.39 is 0 Å². The topological polar surface area (TPSA) is 150 Å². The molecular formula is C24H25N5O4. The number of ether oxygens (including phenoxy) is 1. The Kier molecular flexibility index (Phi) is 8.09. The molecule has 0 saturated carbocycles. The van der Waals surface area contributed by atoms with Crippen molar-refractivity contribution in [3.63, 3.8) is 0 Å². The summed E-state index contributed by atoms with van der Waals surface area (Å²) in [6.07, 6.45) is 7.80. The molecule has 33 heavy (non-hydrogen) atoms. The largest absolute Gasteiger partial charge is 0.493 e. The van der Waals surface area contributed by atoms with Crippen LogP contribution in [0, 0.1) is 10.1 Å². The minimum atomic E-state index is -0.385. The maximum Gasteiger partial charge on any atom is 0.277 e. The van der Waals surface area contributed by atoms with Gasteiger partial charge >= 0.3 is 0 Å². The summed E-state index contributed by atoms with van der Waals surface area (Å²) in [7, 11) is 0. The second kappa shape index (κ2) is 11.4. The van der Waals surface area contributed by atoms with Crippen LogP contribution in [-0.2, 0) is 12.8 Å². The normalized spacial score (nSPS) is 10.3. The lowest BCUT2D eigenvalue weighted by Crippen LogP contribution is -2.04. The lowest BCUT2D eigenvalue weighted by molar-refractivity contribution is -0.383. The SMILES string of the molecule is Nc1cnccc1CCO.Nc1cnccc1CCOc1ccc([N+](=O)[O-])c2ccccc12. The Balaban J connectivity index is 0.000000257. The predicted molar refractivity (Wildman–Crippen MR) is 128 cm³/mol. The number of aliphatic hydroxyl groups excluding tert-OH is 1. The van der Waals surface area contributed by atoms with Gasteiger partial charge in [-0.1, -0.05) is 18.2 Å². The van der Waals surface area contributed by atoms with Crippen molar-refractivity contribution in [1.82, 2.24) is 9.97 Å². The van der Waals surface area contributed by atoms with Gasteiger partial charge in [-0.25, -0.2) is 0 Å². The van der Waals surface area contributed by atoms with Gasteiger partial charge in [0.2, 0.25) is 0 Å². The number of nitrogens with two attached hydrogens (primary N) is 2. The van der Waals surface area contributed by atoms with Crippen molar-refractivity contribution in [3.8, 4) is 5.75 Å². The highest BCUT2D eigenvalue weighted by molar-refractivity contribution is 5.95. The van der Waals surface area contributed by atoms with Crippen molar-refractivity contribution >= 4 is 27.8 Å². The van der Waals surface area contributed by atoms with Crippen LogP contribution in [0.1, 0.15) is 11.1 Å². The average Bonchev–Trinajstić information content (AvgIpc) is 2.82. The number of benzene rings is 2. The zero-order valence-electron chi connectivity index (χ0n) is 17.9. The lowest BCUT2D eigenvalue weighted by atomic mass is 10.1. The Morgan fingerprint density at radius 2 is 1.48 bits per heavy atom. The van der Waals surface area contributed by atoms with E-state index in [1.54, 1.807) is 43.0 Å². The standard InChI is InChI=1S/C17H15N3O3.C7H10N2O/c18-15-11-19-9-7-12(15)8-10-23-17-6-5-16(20(21)22)13-3-1-2-4-14(13)17;8-7-5-9-3-1-6(7)2-4-10/h1-7,9,11H,8,10,18H2;1,3,5,10H,2,4,8H2. The number of rotatable bonds is 7. The number of nitro groups is 1. The first-order chi connectivity index (χ1) is 16.0. The Hall–Kier alpha value is -4.24. The Morgan fingerprint density at radius 1 is 0.879 bits per heavy atom. The van der Waals surface area contributed by atoms with Crippen molar-refractivity contribution in [2.75, 3.05) is 24.7 Å². The fourth-order valence-electron chi connectivity index (χ4n) is 3.26. The summed E-state index contributed by atoms with van der Waals surface area (Å²) in [5.41, 5.74) is 14.7. The summed E-state index contributed by atoms with van der Waals surface area (Å²) in [6.45, 7) is 0.560. The van der Waals surface area contributed by atoms with Gasteiger partial charge in [0.1, 0.15) is 5.75 Å². The molecule has 0 aliphatic heterocycles. The first kappa shape index (κ1) is 23.4.